The van der Waals surface area contributed by atoms with Crippen LogP contribution in [-0.4, -0.2) is 10.7 Å². The van der Waals surface area contributed by atoms with Crippen LogP contribution in [0.2, 0.25) is 5.02 Å². The van der Waals surface area contributed by atoms with Crippen LogP contribution in [-0.2, 0) is 11.8 Å². The second-order valence-corrected chi connectivity index (χ2v) is 6.53. The molecule has 0 nitrogen and oxygen atoms in total. The van der Waals surface area contributed by atoms with E-state index in [1.807, 2.05) is 18.2 Å². The molecule has 2 aromatic rings. The molecular weight excluding hydrogens is 425 g/mol. The van der Waals surface area contributed by atoms with E-state index in [1.165, 1.54) is 12.1 Å². The summed E-state index contributed by atoms with van der Waals surface area (Å²) in [4.78, 5) is 0. The first-order valence-corrected chi connectivity index (χ1v) is 8.95. The molecule has 0 N–H and O–H groups in total. The second-order valence-electron chi connectivity index (χ2n) is 4.97. The van der Waals surface area contributed by atoms with Gasteiger partial charge in [0.1, 0.15) is 11.6 Å². The van der Waals surface area contributed by atoms with Gasteiger partial charge >= 0.3 is 0 Å². The van der Waals surface area contributed by atoms with Crippen molar-refractivity contribution in [1.29, 1.82) is 0 Å². The first kappa shape index (κ1) is 16.9. The Morgan fingerprint density at radius 1 is 1.00 bits per heavy atom. The predicted molar refractivity (Wildman–Crippen MR) is 90.8 cm³/mol. The predicted octanol–water partition coefficient (Wildman–Crippen LogP) is 5.89. The second kappa shape index (κ2) is 7.21. The van der Waals surface area contributed by atoms with E-state index >= 15 is 0 Å². The van der Waals surface area contributed by atoms with Gasteiger partial charge in [-0.05, 0) is 35.7 Å². The average molecular weight is 439 g/mol. The standard InChI is InChI=1S/C16H13Br2ClF2/c17-9-16(10-18,12-2-1-3-13(19)6-12)8-11-4-5-14(20)7-15(11)21/h1-7H,8-10H2. The van der Waals surface area contributed by atoms with E-state index in [0.29, 0.717) is 27.7 Å². The van der Waals surface area contributed by atoms with Crippen LogP contribution in [0.4, 0.5) is 8.78 Å². The lowest BCUT2D eigenvalue weighted by molar-refractivity contribution is 0.515. The van der Waals surface area contributed by atoms with E-state index in [-0.39, 0.29) is 5.41 Å². The first-order chi connectivity index (χ1) is 10.0. The van der Waals surface area contributed by atoms with Gasteiger partial charge in [-0.2, -0.15) is 0 Å². The van der Waals surface area contributed by atoms with E-state index in [0.717, 1.165) is 11.6 Å². The van der Waals surface area contributed by atoms with Crippen molar-refractivity contribution in [2.24, 2.45) is 0 Å². The highest BCUT2D eigenvalue weighted by atomic mass is 79.9. The molecule has 0 amide bonds. The summed E-state index contributed by atoms with van der Waals surface area (Å²) in [6, 6.07) is 11.2. The van der Waals surface area contributed by atoms with Gasteiger partial charge in [-0.1, -0.05) is 61.7 Å². The smallest absolute Gasteiger partial charge is 0.129 e. The van der Waals surface area contributed by atoms with Gasteiger partial charge in [-0.3, -0.25) is 0 Å². The summed E-state index contributed by atoms with van der Waals surface area (Å²) in [5, 5.41) is 1.89. The van der Waals surface area contributed by atoms with E-state index in [9.17, 15) is 8.78 Å². The summed E-state index contributed by atoms with van der Waals surface area (Å²) in [5.41, 5.74) is 1.13. The molecule has 0 aliphatic heterocycles. The fraction of sp³-hybridized carbons (Fsp3) is 0.250. The molecule has 0 saturated carbocycles. The molecule has 0 atom stereocenters. The fourth-order valence-electron chi connectivity index (χ4n) is 2.23. The molecule has 0 heterocycles. The van der Waals surface area contributed by atoms with Crippen LogP contribution in [0.15, 0.2) is 42.5 Å². The third kappa shape index (κ3) is 3.85. The number of halogens is 5. The Morgan fingerprint density at radius 3 is 2.29 bits per heavy atom. The van der Waals surface area contributed by atoms with Gasteiger partial charge in [-0.15, -0.1) is 0 Å². The number of rotatable bonds is 5. The van der Waals surface area contributed by atoms with Gasteiger partial charge in [-0.25, -0.2) is 8.78 Å². The minimum Gasteiger partial charge on any atom is -0.207 e. The Labute approximate surface area is 144 Å². The molecule has 0 bridgehead atoms. The highest BCUT2D eigenvalue weighted by molar-refractivity contribution is 9.09. The van der Waals surface area contributed by atoms with Crippen LogP contribution in [0.25, 0.3) is 0 Å². The van der Waals surface area contributed by atoms with Crippen LogP contribution in [0, 0.1) is 11.6 Å². The largest absolute Gasteiger partial charge is 0.207 e. The van der Waals surface area contributed by atoms with Crippen molar-refractivity contribution >= 4 is 43.5 Å². The van der Waals surface area contributed by atoms with Crippen molar-refractivity contribution in [3.05, 3.63) is 70.2 Å². The summed E-state index contributed by atoms with van der Waals surface area (Å²) in [5.74, 6) is -1.09. The zero-order valence-electron chi connectivity index (χ0n) is 11.1. The summed E-state index contributed by atoms with van der Waals surface area (Å²) in [6.07, 6.45) is 0.440. The van der Waals surface area contributed by atoms with Gasteiger partial charge in [0.15, 0.2) is 0 Å². The number of hydrogen-bond donors (Lipinski definition) is 0. The van der Waals surface area contributed by atoms with Gasteiger partial charge in [0.2, 0.25) is 0 Å². The lowest BCUT2D eigenvalue weighted by Gasteiger charge is -2.31. The molecule has 0 unspecified atom stereocenters. The van der Waals surface area contributed by atoms with Crippen molar-refractivity contribution in [3.63, 3.8) is 0 Å². The summed E-state index contributed by atoms with van der Waals surface area (Å²) in [6.45, 7) is 0. The minimum atomic E-state index is -0.567. The maximum atomic E-state index is 14.0. The Balaban J connectivity index is 2.43. The molecule has 112 valence electrons. The van der Waals surface area contributed by atoms with Crippen LogP contribution in [0.1, 0.15) is 11.1 Å². The van der Waals surface area contributed by atoms with Crippen LogP contribution in [0.5, 0.6) is 0 Å². The Bertz CT molecular complexity index is 627. The lowest BCUT2D eigenvalue weighted by Crippen LogP contribution is -2.33. The molecule has 0 radical (unpaired) electrons. The molecule has 0 aliphatic rings. The van der Waals surface area contributed by atoms with Crippen molar-refractivity contribution in [3.8, 4) is 0 Å². The molecule has 0 spiro atoms. The minimum absolute atomic E-state index is 0.358. The number of alkyl halides is 2. The molecule has 0 aromatic heterocycles. The van der Waals surface area contributed by atoms with Crippen LogP contribution >= 0.6 is 43.5 Å². The monoisotopic (exact) mass is 436 g/mol. The average Bonchev–Trinajstić information content (AvgIpc) is 2.47. The van der Waals surface area contributed by atoms with E-state index in [4.69, 9.17) is 11.6 Å². The lowest BCUT2D eigenvalue weighted by atomic mass is 9.79. The highest BCUT2D eigenvalue weighted by Crippen LogP contribution is 2.34. The summed E-state index contributed by atoms with van der Waals surface area (Å²) >= 11 is 13.1. The zero-order chi connectivity index (χ0) is 15.5. The quantitative estimate of drug-likeness (QED) is 0.511. The van der Waals surface area contributed by atoms with Crippen molar-refractivity contribution in [2.75, 3.05) is 10.7 Å². The topological polar surface area (TPSA) is 0 Å². The van der Waals surface area contributed by atoms with Crippen LogP contribution in [0.3, 0.4) is 0 Å². The molecule has 0 fully saturated rings. The Hall–Kier alpha value is -0.450. The van der Waals surface area contributed by atoms with E-state index < -0.39 is 11.6 Å². The molecule has 5 heteroatoms. The first-order valence-electron chi connectivity index (χ1n) is 6.33. The van der Waals surface area contributed by atoms with Crippen LogP contribution < -0.4 is 0 Å². The normalized spacial score (nSPS) is 11.7. The molecule has 21 heavy (non-hydrogen) atoms. The summed E-state index contributed by atoms with van der Waals surface area (Å²) in [7, 11) is 0. The maximum absolute atomic E-state index is 14.0. The van der Waals surface area contributed by atoms with Crippen molar-refractivity contribution in [2.45, 2.75) is 11.8 Å². The molecule has 0 aliphatic carbocycles. The third-order valence-electron chi connectivity index (χ3n) is 3.49. The third-order valence-corrected chi connectivity index (χ3v) is 5.87. The van der Waals surface area contributed by atoms with Crippen molar-refractivity contribution in [1.82, 2.24) is 0 Å². The maximum Gasteiger partial charge on any atom is 0.129 e. The van der Waals surface area contributed by atoms with E-state index in [1.54, 1.807) is 6.07 Å². The molecular formula is C16H13Br2ClF2. The summed E-state index contributed by atoms with van der Waals surface area (Å²) < 4.78 is 27.0. The fourth-order valence-corrected chi connectivity index (χ4v) is 4.40. The van der Waals surface area contributed by atoms with Gasteiger partial charge in [0.05, 0.1) is 0 Å². The van der Waals surface area contributed by atoms with E-state index in [2.05, 4.69) is 31.9 Å². The van der Waals surface area contributed by atoms with Gasteiger partial charge in [0.25, 0.3) is 0 Å². The number of hydrogen-bond acceptors (Lipinski definition) is 0. The molecule has 2 rings (SSSR count). The Morgan fingerprint density at radius 2 is 1.71 bits per heavy atom. The van der Waals surface area contributed by atoms with Gasteiger partial charge in [0, 0.05) is 27.2 Å². The highest BCUT2D eigenvalue weighted by Gasteiger charge is 2.31. The van der Waals surface area contributed by atoms with Gasteiger partial charge < -0.3 is 0 Å². The Kier molecular flexibility index (Phi) is 5.81. The molecule has 0 saturated heterocycles. The van der Waals surface area contributed by atoms with Crippen molar-refractivity contribution < 1.29 is 8.78 Å². The molecule has 2 aromatic carbocycles. The number of benzene rings is 2. The zero-order valence-corrected chi connectivity index (χ0v) is 15.0. The SMILES string of the molecule is Fc1ccc(CC(CBr)(CBr)c2cccc(Cl)c2)c(F)c1.